The summed E-state index contributed by atoms with van der Waals surface area (Å²) in [5.74, 6) is 1.69. The number of hydrogen-bond acceptors (Lipinski definition) is 3. The molecule has 0 aliphatic heterocycles. The van der Waals surface area contributed by atoms with E-state index in [9.17, 15) is 0 Å². The van der Waals surface area contributed by atoms with Gasteiger partial charge in [0.15, 0.2) is 17.5 Å². The zero-order valence-corrected chi connectivity index (χ0v) is 54.2. The van der Waals surface area contributed by atoms with E-state index in [1.165, 1.54) is 65.2 Å². The Labute approximate surface area is 576 Å². The molecule has 0 fully saturated rings. The van der Waals surface area contributed by atoms with E-state index in [4.69, 9.17) is 15.0 Å². The minimum atomic E-state index is 0.561. The molecule has 0 bridgehead atoms. The summed E-state index contributed by atoms with van der Waals surface area (Å²) in [4.78, 5) is 16.8. The highest BCUT2D eigenvalue weighted by atomic mass is 15.0. The fourth-order valence-corrected chi connectivity index (χ4v) is 15.6. The van der Waals surface area contributed by atoms with Crippen LogP contribution in [0.2, 0.25) is 0 Å². The molecular formula is C93H59N7. The van der Waals surface area contributed by atoms with Crippen molar-refractivity contribution in [2.45, 2.75) is 0 Å². The van der Waals surface area contributed by atoms with Crippen LogP contribution in [0.5, 0.6) is 0 Å². The van der Waals surface area contributed by atoms with Crippen LogP contribution in [0.3, 0.4) is 0 Å². The molecule has 5 heterocycles. The lowest BCUT2D eigenvalue weighted by Gasteiger charge is -2.15. The Morgan fingerprint density at radius 1 is 0.150 bits per heavy atom. The van der Waals surface area contributed by atoms with Gasteiger partial charge in [-0.05, 0) is 160 Å². The molecule has 0 spiro atoms. The first-order chi connectivity index (χ1) is 49.6. The molecule has 7 nitrogen and oxygen atoms in total. The van der Waals surface area contributed by atoms with Crippen molar-refractivity contribution in [3.8, 4) is 101 Å². The smallest absolute Gasteiger partial charge is 0.164 e. The maximum Gasteiger partial charge on any atom is 0.164 e. The fraction of sp³-hybridized carbons (Fsp3) is 0. The summed E-state index contributed by atoms with van der Waals surface area (Å²) in [5, 5.41) is 9.57. The van der Waals surface area contributed by atoms with Crippen LogP contribution in [0, 0.1) is 0 Å². The Morgan fingerprint density at radius 3 is 0.920 bits per heavy atom. The van der Waals surface area contributed by atoms with Crippen molar-refractivity contribution in [2.24, 2.45) is 0 Å². The van der Waals surface area contributed by atoms with Gasteiger partial charge in [0.25, 0.3) is 0 Å². The standard InChI is InChI=1S/C93H59N7/c1-5-23-60(24-6-1)62-43-48-73(61-25-7-2-8-26-61)82(57-62)93-95-91(67-27-21-33-71(53-67)99-83-39-17-13-35-74(83)78-49-44-65(58-89(78)99)63-46-51-87-80(55-63)76-37-15-19-41-85(76)97(87)69-29-9-3-10-30-69)94-92(96-93)68-28-22-34-72(54-68)100-84-40-18-14-36-75(84)79-50-45-66(59-90(79)100)64-47-52-88-81(56-64)77-38-16-20-42-86(77)98(88)70-31-11-4-12-32-70/h1-59H. The van der Waals surface area contributed by atoms with Gasteiger partial charge in [0, 0.05) is 82.5 Å². The van der Waals surface area contributed by atoms with E-state index in [0.29, 0.717) is 17.5 Å². The van der Waals surface area contributed by atoms with E-state index in [2.05, 4.69) is 376 Å². The first-order valence-electron chi connectivity index (χ1n) is 34.1. The summed E-state index contributed by atoms with van der Waals surface area (Å²) in [5.41, 5.74) is 24.9. The highest BCUT2D eigenvalue weighted by Crippen LogP contribution is 2.43. The molecule has 0 aliphatic carbocycles. The molecule has 0 N–H and O–H groups in total. The normalized spacial score (nSPS) is 11.8. The summed E-state index contributed by atoms with van der Waals surface area (Å²) < 4.78 is 9.55. The molecule has 0 radical (unpaired) electrons. The van der Waals surface area contributed by atoms with Crippen LogP contribution in [0.1, 0.15) is 0 Å². The zero-order chi connectivity index (χ0) is 65.8. The topological polar surface area (TPSA) is 58.4 Å². The second-order valence-electron chi connectivity index (χ2n) is 25.9. The molecule has 0 saturated heterocycles. The van der Waals surface area contributed by atoms with Crippen molar-refractivity contribution in [3.63, 3.8) is 0 Å². The summed E-state index contributed by atoms with van der Waals surface area (Å²) in [6.45, 7) is 0. The Hall–Kier alpha value is -13.5. The van der Waals surface area contributed by atoms with E-state index in [1.807, 2.05) is 0 Å². The highest BCUT2D eigenvalue weighted by Gasteiger charge is 2.23. The third-order valence-electron chi connectivity index (χ3n) is 20.2. The summed E-state index contributed by atoms with van der Waals surface area (Å²) in [6.07, 6.45) is 0. The van der Waals surface area contributed by atoms with Crippen LogP contribution >= 0.6 is 0 Å². The highest BCUT2D eigenvalue weighted by molar-refractivity contribution is 6.15. The maximum atomic E-state index is 5.59. The summed E-state index contributed by atoms with van der Waals surface area (Å²) >= 11 is 0. The van der Waals surface area contributed by atoms with Gasteiger partial charge in [-0.2, -0.15) is 0 Å². The molecule has 100 heavy (non-hydrogen) atoms. The molecule has 0 unspecified atom stereocenters. The van der Waals surface area contributed by atoms with Crippen molar-refractivity contribution in [2.75, 3.05) is 0 Å². The predicted molar refractivity (Wildman–Crippen MR) is 415 cm³/mol. The van der Waals surface area contributed by atoms with Gasteiger partial charge in [0.1, 0.15) is 0 Å². The minimum absolute atomic E-state index is 0.561. The van der Waals surface area contributed by atoms with Crippen molar-refractivity contribution >= 4 is 87.2 Å². The lowest BCUT2D eigenvalue weighted by Crippen LogP contribution is -2.03. The number of aromatic nitrogens is 7. The Bertz CT molecular complexity index is 6300. The molecule has 0 aliphatic rings. The summed E-state index contributed by atoms with van der Waals surface area (Å²) in [6, 6.07) is 129. The molecule has 20 aromatic rings. The first kappa shape index (κ1) is 56.8. The van der Waals surface area contributed by atoms with Gasteiger partial charge in [0.05, 0.1) is 44.1 Å². The largest absolute Gasteiger partial charge is 0.309 e. The van der Waals surface area contributed by atoms with Crippen LogP contribution in [0.25, 0.3) is 189 Å². The maximum absolute atomic E-state index is 5.59. The lowest BCUT2D eigenvalue weighted by molar-refractivity contribution is 1.07. The van der Waals surface area contributed by atoms with Gasteiger partial charge in [-0.1, -0.05) is 243 Å². The van der Waals surface area contributed by atoms with Crippen molar-refractivity contribution < 1.29 is 0 Å². The number of hydrogen-bond donors (Lipinski definition) is 0. The fourth-order valence-electron chi connectivity index (χ4n) is 15.6. The number of fused-ring (bicyclic) bond motifs is 12. The number of benzene rings is 15. The van der Waals surface area contributed by atoms with E-state index in [1.54, 1.807) is 0 Å². The monoisotopic (exact) mass is 1270 g/mol. The van der Waals surface area contributed by atoms with Crippen molar-refractivity contribution in [3.05, 3.63) is 358 Å². The Morgan fingerprint density at radius 2 is 0.460 bits per heavy atom. The van der Waals surface area contributed by atoms with Gasteiger partial charge in [-0.15, -0.1) is 0 Å². The molecule has 0 atom stereocenters. The van der Waals surface area contributed by atoms with Crippen molar-refractivity contribution in [1.29, 1.82) is 0 Å². The van der Waals surface area contributed by atoms with Gasteiger partial charge >= 0.3 is 0 Å². The predicted octanol–water partition coefficient (Wildman–Crippen LogP) is 23.9. The Balaban J connectivity index is 0.750. The van der Waals surface area contributed by atoms with E-state index in [0.717, 1.165) is 106 Å². The summed E-state index contributed by atoms with van der Waals surface area (Å²) in [7, 11) is 0. The number of nitrogens with zero attached hydrogens (tertiary/aromatic N) is 7. The van der Waals surface area contributed by atoms with Gasteiger partial charge in [0.2, 0.25) is 0 Å². The lowest BCUT2D eigenvalue weighted by atomic mass is 9.94. The van der Waals surface area contributed by atoms with E-state index < -0.39 is 0 Å². The molecule has 0 amide bonds. The minimum Gasteiger partial charge on any atom is -0.309 e. The van der Waals surface area contributed by atoms with Crippen LogP contribution in [0.4, 0.5) is 0 Å². The van der Waals surface area contributed by atoms with Crippen LogP contribution in [-0.2, 0) is 0 Å². The van der Waals surface area contributed by atoms with Crippen LogP contribution < -0.4 is 0 Å². The molecular weight excluding hydrogens is 1220 g/mol. The third kappa shape index (κ3) is 9.32. The van der Waals surface area contributed by atoms with Gasteiger partial charge in [-0.3, -0.25) is 0 Å². The second kappa shape index (κ2) is 23.1. The van der Waals surface area contributed by atoms with Crippen LogP contribution in [-0.4, -0.2) is 33.2 Å². The molecule has 466 valence electrons. The number of rotatable bonds is 11. The molecule has 0 saturated carbocycles. The average Bonchev–Trinajstić information content (AvgIpc) is 1.59. The first-order valence-corrected chi connectivity index (χ1v) is 34.1. The molecule has 15 aromatic carbocycles. The van der Waals surface area contributed by atoms with Crippen molar-refractivity contribution in [1.82, 2.24) is 33.2 Å². The SMILES string of the molecule is c1ccc(-c2ccc(-c3ccccc3)c(-c3nc(-c4cccc(-n5c6ccccc6c6ccc(-c7ccc8c(c7)c7ccccc7n8-c7ccccc7)cc65)c4)nc(-c4cccc(-n5c6ccccc6c6ccc(-c7ccc8c(c7)c7ccccc7n8-c7ccccc7)cc65)c4)n3)c2)cc1. The van der Waals surface area contributed by atoms with E-state index in [-0.39, 0.29) is 0 Å². The van der Waals surface area contributed by atoms with Gasteiger partial charge < -0.3 is 18.3 Å². The molecule has 20 rings (SSSR count). The Kier molecular flexibility index (Phi) is 13.1. The van der Waals surface area contributed by atoms with Crippen LogP contribution in [0.15, 0.2) is 358 Å². The molecule has 7 heteroatoms. The molecule has 5 aromatic heterocycles. The second-order valence-corrected chi connectivity index (χ2v) is 25.9. The number of para-hydroxylation sites is 6. The van der Waals surface area contributed by atoms with Gasteiger partial charge in [-0.25, -0.2) is 15.0 Å². The quantitative estimate of drug-likeness (QED) is 0.130. The third-order valence-corrected chi connectivity index (χ3v) is 20.2. The average molecular weight is 1270 g/mol. The van der Waals surface area contributed by atoms with E-state index >= 15 is 0 Å². The zero-order valence-electron chi connectivity index (χ0n) is 54.2.